The van der Waals surface area contributed by atoms with Gasteiger partial charge >= 0.3 is 0 Å². The Morgan fingerprint density at radius 3 is 2.70 bits per heavy atom. The molecule has 2 heteroatoms. The van der Waals surface area contributed by atoms with Crippen molar-refractivity contribution in [3.8, 4) is 0 Å². The third kappa shape index (κ3) is 1.47. The van der Waals surface area contributed by atoms with Crippen molar-refractivity contribution in [3.63, 3.8) is 0 Å². The lowest BCUT2D eigenvalue weighted by Gasteiger charge is -2.05. The van der Waals surface area contributed by atoms with E-state index in [-0.39, 0.29) is 0 Å². The summed E-state index contributed by atoms with van der Waals surface area (Å²) in [6, 6.07) is 0. The Morgan fingerprint density at radius 1 is 1.30 bits per heavy atom. The third-order valence-corrected chi connectivity index (χ3v) is 1.58. The Balaban J connectivity index is 2.90. The third-order valence-electron chi connectivity index (χ3n) is 1.58. The highest BCUT2D eigenvalue weighted by Gasteiger charge is 1.96. The van der Waals surface area contributed by atoms with E-state index in [1.807, 2.05) is 30.5 Å². The van der Waals surface area contributed by atoms with Crippen molar-refractivity contribution in [1.29, 1.82) is 0 Å². The summed E-state index contributed by atoms with van der Waals surface area (Å²) >= 11 is 0. The molecule has 0 fully saturated rings. The molecule has 1 aliphatic heterocycles. The number of rotatable bonds is 0. The predicted molar refractivity (Wildman–Crippen MR) is 43.8 cm³/mol. The molecule has 1 heterocycles. The van der Waals surface area contributed by atoms with E-state index >= 15 is 0 Å². The van der Waals surface area contributed by atoms with E-state index in [1.54, 1.807) is 0 Å². The van der Waals surface area contributed by atoms with Gasteiger partial charge in [-0.2, -0.15) is 5.10 Å². The van der Waals surface area contributed by atoms with Crippen LogP contribution < -0.4 is 0 Å². The van der Waals surface area contributed by atoms with Crippen LogP contribution in [-0.2, 0) is 0 Å². The van der Waals surface area contributed by atoms with Crippen molar-refractivity contribution in [2.45, 2.75) is 13.8 Å². The molecule has 2 nitrogen and oxygen atoms in total. The molecule has 0 unspecified atom stereocenters. The van der Waals surface area contributed by atoms with Crippen LogP contribution in [0.15, 0.2) is 28.5 Å². The fourth-order valence-electron chi connectivity index (χ4n) is 0.797. The highest BCUT2D eigenvalue weighted by atomic mass is 15.4. The van der Waals surface area contributed by atoms with E-state index in [9.17, 15) is 0 Å². The second-order valence-corrected chi connectivity index (χ2v) is 2.50. The van der Waals surface area contributed by atoms with Crippen LogP contribution in [0.4, 0.5) is 0 Å². The summed E-state index contributed by atoms with van der Waals surface area (Å²) in [5.74, 6) is 0. The van der Waals surface area contributed by atoms with Crippen molar-refractivity contribution < 1.29 is 0 Å². The standard InChI is InChI=1S/C8H12N2/c1-7-4-5-9-10(3)6-8(7)2/h4-6H,1-3H3. The molecule has 1 aliphatic rings. The van der Waals surface area contributed by atoms with Crippen LogP contribution in [-0.4, -0.2) is 18.3 Å². The first kappa shape index (κ1) is 7.06. The van der Waals surface area contributed by atoms with Crippen molar-refractivity contribution in [2.75, 3.05) is 7.05 Å². The van der Waals surface area contributed by atoms with E-state index in [1.165, 1.54) is 11.1 Å². The zero-order chi connectivity index (χ0) is 7.56. The molecule has 0 aromatic heterocycles. The van der Waals surface area contributed by atoms with E-state index in [4.69, 9.17) is 0 Å². The van der Waals surface area contributed by atoms with Crippen LogP contribution in [0.5, 0.6) is 0 Å². The van der Waals surface area contributed by atoms with Crippen LogP contribution >= 0.6 is 0 Å². The summed E-state index contributed by atoms with van der Waals surface area (Å²) in [4.78, 5) is 0. The van der Waals surface area contributed by atoms with Gasteiger partial charge in [0.1, 0.15) is 0 Å². The Hall–Kier alpha value is -1.05. The van der Waals surface area contributed by atoms with Crippen molar-refractivity contribution in [2.24, 2.45) is 5.10 Å². The maximum Gasteiger partial charge on any atom is 0.0477 e. The summed E-state index contributed by atoms with van der Waals surface area (Å²) in [6.07, 6.45) is 5.83. The molecule has 0 N–H and O–H groups in total. The minimum absolute atomic E-state index is 1.26. The molecule has 0 radical (unpaired) electrons. The van der Waals surface area contributed by atoms with Gasteiger partial charge in [-0.3, -0.25) is 5.01 Å². The fourth-order valence-corrected chi connectivity index (χ4v) is 0.797. The predicted octanol–water partition coefficient (Wildman–Crippen LogP) is 1.77. The van der Waals surface area contributed by atoms with Gasteiger partial charge in [0.25, 0.3) is 0 Å². The van der Waals surface area contributed by atoms with Gasteiger partial charge in [0, 0.05) is 19.5 Å². The lowest BCUT2D eigenvalue weighted by Crippen LogP contribution is -2.00. The summed E-state index contributed by atoms with van der Waals surface area (Å²) < 4.78 is 0. The molecule has 0 aliphatic carbocycles. The van der Waals surface area contributed by atoms with Crippen LogP contribution in [0.3, 0.4) is 0 Å². The van der Waals surface area contributed by atoms with E-state index < -0.39 is 0 Å². The van der Waals surface area contributed by atoms with Gasteiger partial charge < -0.3 is 0 Å². The van der Waals surface area contributed by atoms with Gasteiger partial charge in [-0.1, -0.05) is 0 Å². The van der Waals surface area contributed by atoms with Crippen LogP contribution in [0.1, 0.15) is 13.8 Å². The van der Waals surface area contributed by atoms with Gasteiger partial charge in [0.15, 0.2) is 0 Å². The number of hydrazone groups is 1. The highest BCUT2D eigenvalue weighted by molar-refractivity contribution is 5.73. The van der Waals surface area contributed by atoms with E-state index in [0.29, 0.717) is 0 Å². The first-order valence-corrected chi connectivity index (χ1v) is 3.32. The maximum absolute atomic E-state index is 4.08. The minimum Gasteiger partial charge on any atom is -0.276 e. The second kappa shape index (κ2) is 2.69. The van der Waals surface area contributed by atoms with Gasteiger partial charge in [-0.25, -0.2) is 0 Å². The largest absolute Gasteiger partial charge is 0.276 e. The number of hydrogen-bond acceptors (Lipinski definition) is 2. The average molecular weight is 136 g/mol. The zero-order valence-corrected chi connectivity index (χ0v) is 6.63. The lowest BCUT2D eigenvalue weighted by atomic mass is 10.1. The SMILES string of the molecule is CC1=CC=NN(C)C=C1C. The first-order valence-electron chi connectivity index (χ1n) is 3.32. The number of allylic oxidation sites excluding steroid dienone is 3. The summed E-state index contributed by atoms with van der Waals surface area (Å²) in [7, 11) is 1.92. The van der Waals surface area contributed by atoms with Gasteiger partial charge in [-0.15, -0.1) is 0 Å². The second-order valence-electron chi connectivity index (χ2n) is 2.50. The summed E-state index contributed by atoms with van der Waals surface area (Å²) in [5, 5.41) is 5.89. The minimum atomic E-state index is 1.26. The maximum atomic E-state index is 4.08. The monoisotopic (exact) mass is 136 g/mol. The van der Waals surface area contributed by atoms with Gasteiger partial charge in [0.05, 0.1) is 0 Å². The van der Waals surface area contributed by atoms with Crippen LogP contribution in [0.2, 0.25) is 0 Å². The molecule has 10 heavy (non-hydrogen) atoms. The molecule has 0 spiro atoms. The molecule has 0 aromatic rings. The number of hydrogen-bond donors (Lipinski definition) is 0. The molecular weight excluding hydrogens is 124 g/mol. The molecule has 1 rings (SSSR count). The molecular formula is C8H12N2. The molecule has 0 amide bonds. The molecule has 0 saturated carbocycles. The fraction of sp³-hybridized carbons (Fsp3) is 0.375. The Labute approximate surface area is 61.5 Å². The molecule has 0 atom stereocenters. The zero-order valence-electron chi connectivity index (χ0n) is 6.63. The smallest absolute Gasteiger partial charge is 0.0477 e. The first-order chi connectivity index (χ1) is 4.70. The lowest BCUT2D eigenvalue weighted by molar-refractivity contribution is 0.491. The highest BCUT2D eigenvalue weighted by Crippen LogP contribution is 2.10. The van der Waals surface area contributed by atoms with E-state index in [0.717, 1.165) is 0 Å². The summed E-state index contributed by atoms with van der Waals surface area (Å²) in [5.41, 5.74) is 2.54. The van der Waals surface area contributed by atoms with Gasteiger partial charge in [0.2, 0.25) is 0 Å². The van der Waals surface area contributed by atoms with Crippen molar-refractivity contribution in [3.05, 3.63) is 23.4 Å². The summed E-state index contributed by atoms with van der Waals surface area (Å²) in [6.45, 7) is 4.16. The van der Waals surface area contributed by atoms with Gasteiger partial charge in [-0.05, 0) is 31.1 Å². The van der Waals surface area contributed by atoms with Crippen LogP contribution in [0.25, 0.3) is 0 Å². The van der Waals surface area contributed by atoms with Crippen LogP contribution in [0, 0.1) is 0 Å². The molecule has 0 bridgehead atoms. The number of nitrogens with zero attached hydrogens (tertiary/aromatic N) is 2. The van der Waals surface area contributed by atoms with Crippen molar-refractivity contribution >= 4 is 6.21 Å². The molecule has 0 saturated heterocycles. The normalized spacial score (nSPS) is 18.1. The Bertz CT molecular complexity index is 211. The van der Waals surface area contributed by atoms with E-state index in [2.05, 4.69) is 18.9 Å². The molecule has 0 aromatic carbocycles. The quantitative estimate of drug-likeness (QED) is 0.495. The topological polar surface area (TPSA) is 15.6 Å². The molecule has 54 valence electrons. The average Bonchev–Trinajstić information content (AvgIpc) is 1.96. The Kier molecular flexibility index (Phi) is 1.90. The Morgan fingerprint density at radius 2 is 2.00 bits per heavy atom. The van der Waals surface area contributed by atoms with Crippen molar-refractivity contribution in [1.82, 2.24) is 5.01 Å².